The van der Waals surface area contributed by atoms with Crippen LogP contribution >= 0.6 is 0 Å². The molecule has 7 aromatic rings. The molecule has 1 atom stereocenters. The SMILES string of the molecule is Cc1cc(-c2ccccc2)ccc1N1c2cc3c(cc2C2c4ccc(C(C)(C)C)cc4N(c4ccc(C(C)(C)C)cc4-c4ccccc4)c4cc(C(C)(C)C)cc1c42)C(C)(C)CC3(C)C. The standard InChI is InChI=1S/C63H68N2/c1-39-31-42(40-21-17-15-18-22-40)25-29-51(39)64-54-37-50-49(62(11,12)38-63(50,13)14)36-48(54)57-46-28-26-44(60(5,6)7)33-53(46)65(56-35-45(61(8,9)10)34-55(64)58(56)57)52-30-27-43(59(2,3)4)32-47(52)41-23-19-16-20-24-41/h15-37,57H,38H2,1-14H3. The average molecular weight is 853 g/mol. The highest BCUT2D eigenvalue weighted by Gasteiger charge is 2.47. The number of hydrogen-bond acceptors (Lipinski definition) is 2. The fraction of sp³-hybridized carbons (Fsp3) is 0.333. The minimum absolute atomic E-state index is 0.0155. The number of benzene rings is 7. The Bertz CT molecular complexity index is 3020. The first-order valence-corrected chi connectivity index (χ1v) is 24.0. The van der Waals surface area contributed by atoms with Crippen molar-refractivity contribution in [2.45, 2.75) is 136 Å². The Kier molecular flexibility index (Phi) is 9.65. The summed E-state index contributed by atoms with van der Waals surface area (Å²) in [6, 6.07) is 54.1. The van der Waals surface area contributed by atoms with Gasteiger partial charge in [0.2, 0.25) is 0 Å². The van der Waals surface area contributed by atoms with E-state index in [0.717, 1.165) is 6.42 Å². The molecule has 0 saturated carbocycles. The number of fused-ring (bicyclic) bond motifs is 5. The topological polar surface area (TPSA) is 6.48 Å². The maximum Gasteiger partial charge on any atom is 0.0540 e. The lowest BCUT2D eigenvalue weighted by Crippen LogP contribution is -2.31. The molecule has 2 aliphatic heterocycles. The minimum Gasteiger partial charge on any atom is -0.310 e. The molecule has 1 unspecified atom stereocenters. The largest absolute Gasteiger partial charge is 0.310 e. The second-order valence-electron chi connectivity index (χ2n) is 23.9. The predicted molar refractivity (Wildman–Crippen MR) is 279 cm³/mol. The van der Waals surface area contributed by atoms with Crippen molar-refractivity contribution in [1.29, 1.82) is 0 Å². The lowest BCUT2D eigenvalue weighted by molar-refractivity contribution is 0.403. The van der Waals surface area contributed by atoms with Crippen molar-refractivity contribution in [3.63, 3.8) is 0 Å². The molecule has 2 heteroatoms. The lowest BCUT2D eigenvalue weighted by Gasteiger charge is -2.47. The van der Waals surface area contributed by atoms with E-state index in [0.29, 0.717) is 0 Å². The summed E-state index contributed by atoms with van der Waals surface area (Å²) in [6.45, 7) is 33.3. The van der Waals surface area contributed by atoms with Crippen LogP contribution < -0.4 is 9.80 Å². The van der Waals surface area contributed by atoms with Crippen LogP contribution in [0.1, 0.15) is 152 Å². The molecule has 0 spiro atoms. The van der Waals surface area contributed by atoms with Crippen LogP contribution in [0.3, 0.4) is 0 Å². The molecule has 2 heterocycles. The molecule has 7 aromatic carbocycles. The zero-order valence-corrected chi connectivity index (χ0v) is 41.5. The summed E-state index contributed by atoms with van der Waals surface area (Å²) in [6.07, 6.45) is 1.12. The first-order chi connectivity index (χ1) is 30.5. The molecule has 1 aliphatic carbocycles. The van der Waals surface area contributed by atoms with E-state index >= 15 is 0 Å². The van der Waals surface area contributed by atoms with E-state index in [4.69, 9.17) is 0 Å². The number of anilines is 6. The second kappa shape index (κ2) is 14.6. The summed E-state index contributed by atoms with van der Waals surface area (Å²) < 4.78 is 0. The van der Waals surface area contributed by atoms with E-state index in [1.165, 1.54) is 106 Å². The third kappa shape index (κ3) is 7.06. The minimum atomic E-state index is -0.124. The fourth-order valence-electron chi connectivity index (χ4n) is 11.6. The van der Waals surface area contributed by atoms with Crippen LogP contribution in [0.25, 0.3) is 22.3 Å². The Balaban J connectivity index is 1.35. The van der Waals surface area contributed by atoms with Crippen LogP contribution in [0.2, 0.25) is 0 Å². The summed E-state index contributed by atoms with van der Waals surface area (Å²) in [5.41, 5.74) is 24.8. The molecule has 0 aromatic heterocycles. The van der Waals surface area contributed by atoms with Crippen LogP contribution in [0.4, 0.5) is 34.1 Å². The van der Waals surface area contributed by atoms with Gasteiger partial charge < -0.3 is 9.80 Å². The van der Waals surface area contributed by atoms with Crippen molar-refractivity contribution >= 4 is 34.1 Å². The highest BCUT2D eigenvalue weighted by Crippen LogP contribution is 2.64. The fourth-order valence-corrected chi connectivity index (χ4v) is 11.6. The molecule has 0 amide bonds. The Morgan fingerprint density at radius 2 is 0.908 bits per heavy atom. The van der Waals surface area contributed by atoms with Gasteiger partial charge in [-0.25, -0.2) is 0 Å². The van der Waals surface area contributed by atoms with Crippen LogP contribution in [-0.2, 0) is 27.1 Å². The van der Waals surface area contributed by atoms with Gasteiger partial charge in [-0.3, -0.25) is 0 Å². The molecule has 330 valence electrons. The molecule has 0 radical (unpaired) electrons. The van der Waals surface area contributed by atoms with Gasteiger partial charge in [0.05, 0.1) is 28.4 Å². The van der Waals surface area contributed by atoms with E-state index in [9.17, 15) is 0 Å². The van der Waals surface area contributed by atoms with E-state index in [1.807, 2.05) is 0 Å². The van der Waals surface area contributed by atoms with E-state index in [1.54, 1.807) is 0 Å². The van der Waals surface area contributed by atoms with Crippen molar-refractivity contribution in [1.82, 2.24) is 0 Å². The lowest BCUT2D eigenvalue weighted by atomic mass is 9.71. The number of rotatable bonds is 4. The van der Waals surface area contributed by atoms with Gasteiger partial charge in [0.15, 0.2) is 0 Å². The molecule has 65 heavy (non-hydrogen) atoms. The normalized spacial score (nSPS) is 17.0. The molecule has 0 N–H and O–H groups in total. The van der Waals surface area contributed by atoms with Crippen LogP contribution in [0, 0.1) is 6.92 Å². The zero-order chi connectivity index (χ0) is 46.2. The number of hydrogen-bond donors (Lipinski definition) is 0. The smallest absolute Gasteiger partial charge is 0.0540 e. The quantitative estimate of drug-likeness (QED) is 0.174. The van der Waals surface area contributed by atoms with Crippen molar-refractivity contribution in [3.8, 4) is 22.3 Å². The monoisotopic (exact) mass is 853 g/mol. The van der Waals surface area contributed by atoms with Gasteiger partial charge >= 0.3 is 0 Å². The Labute approximate surface area is 390 Å². The van der Waals surface area contributed by atoms with Gasteiger partial charge in [0.25, 0.3) is 0 Å². The van der Waals surface area contributed by atoms with Crippen molar-refractivity contribution in [2.24, 2.45) is 0 Å². The number of aryl methyl sites for hydroxylation is 1. The van der Waals surface area contributed by atoms with E-state index in [2.05, 4.69) is 246 Å². The van der Waals surface area contributed by atoms with E-state index in [-0.39, 0.29) is 33.0 Å². The zero-order valence-electron chi connectivity index (χ0n) is 41.5. The van der Waals surface area contributed by atoms with Gasteiger partial charge in [-0.2, -0.15) is 0 Å². The molecular formula is C63H68N2. The third-order valence-corrected chi connectivity index (χ3v) is 15.0. The van der Waals surface area contributed by atoms with Gasteiger partial charge in [-0.05, 0) is 150 Å². The van der Waals surface area contributed by atoms with Crippen molar-refractivity contribution in [2.75, 3.05) is 9.80 Å². The summed E-state index contributed by atoms with van der Waals surface area (Å²) in [4.78, 5) is 5.33. The summed E-state index contributed by atoms with van der Waals surface area (Å²) in [7, 11) is 0. The number of nitrogens with zero attached hydrogens (tertiary/aromatic N) is 2. The van der Waals surface area contributed by atoms with Gasteiger partial charge in [-0.15, -0.1) is 0 Å². The third-order valence-electron chi connectivity index (χ3n) is 15.0. The van der Waals surface area contributed by atoms with Crippen LogP contribution in [0.5, 0.6) is 0 Å². The molecule has 3 aliphatic rings. The maximum atomic E-state index is 2.67. The van der Waals surface area contributed by atoms with Crippen LogP contribution in [-0.4, -0.2) is 0 Å². The summed E-state index contributed by atoms with van der Waals surface area (Å²) >= 11 is 0. The highest BCUT2D eigenvalue weighted by atomic mass is 15.2. The maximum absolute atomic E-state index is 2.67. The molecule has 2 nitrogen and oxygen atoms in total. The van der Waals surface area contributed by atoms with Gasteiger partial charge in [0.1, 0.15) is 0 Å². The Morgan fingerprint density at radius 3 is 1.49 bits per heavy atom. The molecule has 0 fully saturated rings. The summed E-state index contributed by atoms with van der Waals surface area (Å²) in [5, 5.41) is 0. The molecular weight excluding hydrogens is 785 g/mol. The first-order valence-electron chi connectivity index (χ1n) is 24.0. The molecule has 10 rings (SSSR count). The Hall–Kier alpha value is -5.86. The van der Waals surface area contributed by atoms with Crippen molar-refractivity contribution in [3.05, 3.63) is 190 Å². The Morgan fingerprint density at radius 1 is 0.415 bits per heavy atom. The van der Waals surface area contributed by atoms with Crippen molar-refractivity contribution < 1.29 is 0 Å². The van der Waals surface area contributed by atoms with E-state index < -0.39 is 0 Å². The highest BCUT2D eigenvalue weighted by molar-refractivity contribution is 6.00. The van der Waals surface area contributed by atoms with Gasteiger partial charge in [-0.1, -0.05) is 181 Å². The second-order valence-corrected chi connectivity index (χ2v) is 23.9. The predicted octanol–water partition coefficient (Wildman–Crippen LogP) is 17.9. The molecule has 0 bridgehead atoms. The molecule has 0 saturated heterocycles. The van der Waals surface area contributed by atoms with Crippen LogP contribution in [0.15, 0.2) is 140 Å². The average Bonchev–Trinajstić information content (AvgIpc) is 3.43. The summed E-state index contributed by atoms with van der Waals surface area (Å²) in [5.74, 6) is 0.0308. The van der Waals surface area contributed by atoms with Gasteiger partial charge in [0, 0.05) is 22.7 Å². The first kappa shape index (κ1) is 43.1.